The van der Waals surface area contributed by atoms with E-state index in [1.165, 1.54) is 11.1 Å². The van der Waals surface area contributed by atoms with Crippen molar-refractivity contribution in [3.63, 3.8) is 0 Å². The van der Waals surface area contributed by atoms with Gasteiger partial charge in [0.1, 0.15) is 11.5 Å². The lowest BCUT2D eigenvalue weighted by Crippen LogP contribution is -2.27. The lowest BCUT2D eigenvalue weighted by molar-refractivity contribution is -0.145. The van der Waals surface area contributed by atoms with E-state index in [9.17, 15) is 15.0 Å². The summed E-state index contributed by atoms with van der Waals surface area (Å²) < 4.78 is 5.73. The van der Waals surface area contributed by atoms with E-state index >= 15 is 0 Å². The molecular formula is C25H34O4. The van der Waals surface area contributed by atoms with E-state index in [1.54, 1.807) is 0 Å². The number of phenols is 1. The van der Waals surface area contributed by atoms with Crippen molar-refractivity contribution in [3.8, 4) is 11.5 Å². The minimum absolute atomic E-state index is 0.0549. The van der Waals surface area contributed by atoms with E-state index in [4.69, 9.17) is 4.74 Å². The smallest absolute Gasteiger partial charge is 0.344 e. The van der Waals surface area contributed by atoms with E-state index < -0.39 is 12.1 Å². The number of hydrogen-bond acceptors (Lipinski definition) is 3. The number of carboxylic acid groups (broad SMARTS) is 1. The molecule has 0 aliphatic heterocycles. The summed E-state index contributed by atoms with van der Waals surface area (Å²) in [5.41, 5.74) is 4.26. The number of aryl methyl sites for hydroxylation is 3. The van der Waals surface area contributed by atoms with Gasteiger partial charge in [0.2, 0.25) is 0 Å². The predicted molar refractivity (Wildman–Crippen MR) is 117 cm³/mol. The standard InChI is InChI=1S/C25H34O4/c1-17-15-19(16-18(2)23(17)26)9-7-6-8-10-22(24(27)28)29-21-13-11-20(12-14-21)25(3,4)5/h11-16,22,26H,6-10H2,1-5H3,(H,27,28). The highest BCUT2D eigenvalue weighted by Gasteiger charge is 2.20. The van der Waals surface area contributed by atoms with Gasteiger partial charge in [0.05, 0.1) is 0 Å². The molecule has 0 aliphatic rings. The Hall–Kier alpha value is -2.49. The van der Waals surface area contributed by atoms with Crippen LogP contribution in [0.25, 0.3) is 0 Å². The van der Waals surface area contributed by atoms with Gasteiger partial charge in [-0.1, -0.05) is 51.5 Å². The monoisotopic (exact) mass is 398 g/mol. The lowest BCUT2D eigenvalue weighted by atomic mass is 9.87. The van der Waals surface area contributed by atoms with E-state index in [0.717, 1.165) is 36.8 Å². The average Bonchev–Trinajstić information content (AvgIpc) is 2.64. The third kappa shape index (κ3) is 6.81. The van der Waals surface area contributed by atoms with Crippen molar-refractivity contribution < 1.29 is 19.7 Å². The number of aliphatic carboxylic acids is 1. The summed E-state index contributed by atoms with van der Waals surface area (Å²) in [6.45, 7) is 10.3. The summed E-state index contributed by atoms with van der Waals surface area (Å²) in [4.78, 5) is 11.6. The van der Waals surface area contributed by atoms with Gasteiger partial charge in [-0.25, -0.2) is 4.79 Å². The average molecular weight is 399 g/mol. The van der Waals surface area contributed by atoms with Crippen LogP contribution in [0.1, 0.15) is 68.7 Å². The topological polar surface area (TPSA) is 66.8 Å². The molecule has 0 fully saturated rings. The highest BCUT2D eigenvalue weighted by Crippen LogP contribution is 2.26. The van der Waals surface area contributed by atoms with Gasteiger partial charge in [0.15, 0.2) is 6.10 Å². The number of ether oxygens (including phenoxy) is 1. The Bertz CT molecular complexity index is 793. The highest BCUT2D eigenvalue weighted by atomic mass is 16.5. The maximum absolute atomic E-state index is 11.6. The van der Waals surface area contributed by atoms with Crippen molar-refractivity contribution >= 4 is 5.97 Å². The van der Waals surface area contributed by atoms with E-state index in [-0.39, 0.29) is 5.41 Å². The maximum Gasteiger partial charge on any atom is 0.344 e. The first kappa shape index (κ1) is 22.8. The van der Waals surface area contributed by atoms with Gasteiger partial charge < -0.3 is 14.9 Å². The second-order valence-electron chi connectivity index (χ2n) is 8.90. The Kier molecular flexibility index (Phi) is 7.72. The molecule has 0 saturated heterocycles. The second-order valence-corrected chi connectivity index (χ2v) is 8.90. The molecule has 0 bridgehead atoms. The van der Waals surface area contributed by atoms with Crippen molar-refractivity contribution in [1.82, 2.24) is 0 Å². The molecule has 0 amide bonds. The number of benzene rings is 2. The summed E-state index contributed by atoms with van der Waals surface area (Å²) in [6.07, 6.45) is 3.31. The van der Waals surface area contributed by atoms with Gasteiger partial charge in [-0.05, 0) is 79.3 Å². The molecule has 0 aliphatic carbocycles. The fourth-order valence-electron chi connectivity index (χ4n) is 3.46. The molecule has 2 rings (SSSR count). The van der Waals surface area contributed by atoms with Crippen LogP contribution in [0.3, 0.4) is 0 Å². The normalized spacial score (nSPS) is 12.6. The molecule has 0 saturated carbocycles. The molecule has 2 aromatic rings. The number of phenolic OH excluding ortho intramolecular Hbond substituents is 1. The summed E-state index contributed by atoms with van der Waals surface area (Å²) >= 11 is 0. The van der Waals surface area contributed by atoms with Crippen LogP contribution in [-0.4, -0.2) is 22.3 Å². The zero-order valence-corrected chi connectivity index (χ0v) is 18.3. The molecule has 1 unspecified atom stereocenters. The molecule has 158 valence electrons. The van der Waals surface area contributed by atoms with E-state index in [0.29, 0.717) is 17.9 Å². The van der Waals surface area contributed by atoms with Crippen LogP contribution in [0, 0.1) is 13.8 Å². The highest BCUT2D eigenvalue weighted by molar-refractivity contribution is 5.72. The third-order valence-electron chi connectivity index (χ3n) is 5.26. The molecule has 0 radical (unpaired) electrons. The van der Waals surface area contributed by atoms with Crippen LogP contribution in [-0.2, 0) is 16.6 Å². The number of aromatic hydroxyl groups is 1. The Morgan fingerprint density at radius 3 is 2.10 bits per heavy atom. The molecule has 2 aromatic carbocycles. The Balaban J connectivity index is 1.81. The van der Waals surface area contributed by atoms with Gasteiger partial charge in [0, 0.05) is 0 Å². The Morgan fingerprint density at radius 2 is 1.59 bits per heavy atom. The molecule has 0 aromatic heterocycles. The lowest BCUT2D eigenvalue weighted by Gasteiger charge is -2.20. The van der Waals surface area contributed by atoms with Crippen LogP contribution in [0.2, 0.25) is 0 Å². The number of unbranched alkanes of at least 4 members (excludes halogenated alkanes) is 2. The van der Waals surface area contributed by atoms with E-state index in [2.05, 4.69) is 20.8 Å². The Labute approximate surface area is 174 Å². The van der Waals surface area contributed by atoms with Crippen LogP contribution in [0.5, 0.6) is 11.5 Å². The minimum Gasteiger partial charge on any atom is -0.507 e. The second kappa shape index (κ2) is 9.82. The van der Waals surface area contributed by atoms with Gasteiger partial charge >= 0.3 is 5.97 Å². The predicted octanol–water partition coefficient (Wildman–Crippen LogP) is 5.94. The summed E-state index contributed by atoms with van der Waals surface area (Å²) in [5, 5.41) is 19.4. The molecule has 0 spiro atoms. The zero-order valence-electron chi connectivity index (χ0n) is 18.3. The quantitative estimate of drug-likeness (QED) is 0.513. The van der Waals surface area contributed by atoms with Crippen molar-refractivity contribution in [3.05, 3.63) is 58.7 Å². The van der Waals surface area contributed by atoms with E-state index in [1.807, 2.05) is 50.2 Å². The molecule has 0 heterocycles. The maximum atomic E-state index is 11.6. The largest absolute Gasteiger partial charge is 0.507 e. The van der Waals surface area contributed by atoms with Gasteiger partial charge in [-0.3, -0.25) is 0 Å². The van der Waals surface area contributed by atoms with Gasteiger partial charge in [-0.15, -0.1) is 0 Å². The molecule has 4 nitrogen and oxygen atoms in total. The van der Waals surface area contributed by atoms with Crippen LogP contribution in [0.4, 0.5) is 0 Å². The van der Waals surface area contributed by atoms with Crippen LogP contribution >= 0.6 is 0 Å². The summed E-state index contributed by atoms with van der Waals surface area (Å²) in [7, 11) is 0. The number of hydrogen-bond donors (Lipinski definition) is 2. The molecule has 1 atom stereocenters. The molecular weight excluding hydrogens is 364 g/mol. The summed E-state index contributed by atoms with van der Waals surface area (Å²) in [6, 6.07) is 11.7. The first-order valence-corrected chi connectivity index (χ1v) is 10.4. The first-order valence-electron chi connectivity index (χ1n) is 10.4. The summed E-state index contributed by atoms with van der Waals surface area (Å²) in [5.74, 6) is 0.0425. The van der Waals surface area contributed by atoms with Crippen molar-refractivity contribution in [1.29, 1.82) is 0 Å². The Morgan fingerprint density at radius 1 is 1.00 bits per heavy atom. The fourth-order valence-corrected chi connectivity index (χ4v) is 3.46. The molecule has 29 heavy (non-hydrogen) atoms. The van der Waals surface area contributed by atoms with Crippen LogP contribution < -0.4 is 4.74 Å². The van der Waals surface area contributed by atoms with Gasteiger partial charge in [-0.2, -0.15) is 0 Å². The minimum atomic E-state index is -0.922. The molecule has 2 N–H and O–H groups in total. The molecule has 4 heteroatoms. The van der Waals surface area contributed by atoms with Crippen molar-refractivity contribution in [2.75, 3.05) is 0 Å². The number of carboxylic acids is 1. The number of rotatable bonds is 9. The fraction of sp³-hybridized carbons (Fsp3) is 0.480. The SMILES string of the molecule is Cc1cc(CCCCCC(Oc2ccc(C(C)(C)C)cc2)C(=O)O)cc(C)c1O. The zero-order chi connectivity index (χ0) is 21.6. The van der Waals surface area contributed by atoms with Crippen molar-refractivity contribution in [2.24, 2.45) is 0 Å². The van der Waals surface area contributed by atoms with Crippen LogP contribution in [0.15, 0.2) is 36.4 Å². The number of carbonyl (C=O) groups is 1. The third-order valence-corrected chi connectivity index (χ3v) is 5.26. The van der Waals surface area contributed by atoms with Gasteiger partial charge in [0.25, 0.3) is 0 Å². The first-order chi connectivity index (χ1) is 13.6. The van der Waals surface area contributed by atoms with Crippen molar-refractivity contribution in [2.45, 2.75) is 78.2 Å².